The number of aromatic nitrogens is 3. The fourth-order valence-corrected chi connectivity index (χ4v) is 4.40. The number of hydrogen-bond acceptors (Lipinski definition) is 6. The lowest BCUT2D eigenvalue weighted by molar-refractivity contribution is -0.0508. The van der Waals surface area contributed by atoms with Gasteiger partial charge in [0.1, 0.15) is 16.1 Å². The minimum absolute atomic E-state index is 0.0323. The summed E-state index contributed by atoms with van der Waals surface area (Å²) in [5, 5.41) is 10.3. The first-order valence-electron chi connectivity index (χ1n) is 9.54. The third-order valence-corrected chi connectivity index (χ3v) is 6.80. The van der Waals surface area contributed by atoms with Gasteiger partial charge in [0.2, 0.25) is 10.0 Å². The lowest BCUT2D eigenvalue weighted by Crippen LogP contribution is -2.23. The quantitative estimate of drug-likeness (QED) is 0.435. The largest absolute Gasteiger partial charge is 0.478 e. The van der Waals surface area contributed by atoms with Crippen LogP contribution in [0.5, 0.6) is 5.75 Å². The van der Waals surface area contributed by atoms with E-state index in [0.29, 0.717) is 10.9 Å². The van der Waals surface area contributed by atoms with Crippen molar-refractivity contribution >= 4 is 37.9 Å². The SMILES string of the molecule is Cc1ccc2nc(-c3nc4c(OC(F)F)c(S(=O)(=O)N(C)C)ccc4[nH]3)c(C(=O)O)cc2c1. The number of sulfonamides is 1. The van der Waals surface area contributed by atoms with Crippen LogP contribution in [0.15, 0.2) is 41.3 Å². The molecular formula is C21H18F2N4O5S. The van der Waals surface area contributed by atoms with Crippen molar-refractivity contribution in [3.63, 3.8) is 0 Å². The zero-order valence-electron chi connectivity index (χ0n) is 17.6. The minimum Gasteiger partial charge on any atom is -0.478 e. The Kier molecular flexibility index (Phi) is 5.50. The van der Waals surface area contributed by atoms with Gasteiger partial charge in [-0.05, 0) is 37.3 Å². The summed E-state index contributed by atoms with van der Waals surface area (Å²) < 4.78 is 57.0. The Morgan fingerprint density at radius 1 is 1.15 bits per heavy atom. The summed E-state index contributed by atoms with van der Waals surface area (Å²) in [5.41, 5.74) is 1.19. The molecule has 0 aliphatic heterocycles. The molecule has 4 aromatic rings. The standard InChI is InChI=1S/C21H18F2N4O5S/c1-10-4-5-13-11(8-10)9-12(20(28)29)16(24-13)19-25-14-6-7-15(33(30,31)27(2)3)18(17(14)26-19)32-21(22)23/h4-9,21H,1-3H3,(H,25,26)(H,28,29). The van der Waals surface area contributed by atoms with E-state index < -0.39 is 33.2 Å². The highest BCUT2D eigenvalue weighted by atomic mass is 32.2. The van der Waals surface area contributed by atoms with Gasteiger partial charge in [-0.15, -0.1) is 0 Å². The normalized spacial score (nSPS) is 12.2. The van der Waals surface area contributed by atoms with E-state index in [4.69, 9.17) is 0 Å². The van der Waals surface area contributed by atoms with Gasteiger partial charge in [0.15, 0.2) is 11.6 Å². The Labute approximate surface area is 186 Å². The van der Waals surface area contributed by atoms with Gasteiger partial charge < -0.3 is 14.8 Å². The first-order valence-corrected chi connectivity index (χ1v) is 11.0. The average Bonchev–Trinajstić information content (AvgIpc) is 3.17. The van der Waals surface area contributed by atoms with Crippen LogP contribution in [0.25, 0.3) is 33.5 Å². The van der Waals surface area contributed by atoms with Gasteiger partial charge in [0.25, 0.3) is 0 Å². The van der Waals surface area contributed by atoms with Crippen molar-refractivity contribution in [2.45, 2.75) is 18.4 Å². The molecule has 2 N–H and O–H groups in total. The number of H-pyrrole nitrogens is 1. The predicted octanol–water partition coefficient (Wildman–Crippen LogP) is 3.64. The molecule has 0 unspecified atom stereocenters. The molecular weight excluding hydrogens is 458 g/mol. The van der Waals surface area contributed by atoms with Crippen LogP contribution in [0.3, 0.4) is 0 Å². The second-order valence-electron chi connectivity index (χ2n) is 7.43. The summed E-state index contributed by atoms with van der Waals surface area (Å²) in [6, 6.07) is 9.21. The maximum atomic E-state index is 13.2. The van der Waals surface area contributed by atoms with E-state index in [0.717, 1.165) is 15.9 Å². The van der Waals surface area contributed by atoms with Crippen LogP contribution in [0, 0.1) is 6.92 Å². The van der Waals surface area contributed by atoms with E-state index in [-0.39, 0.29) is 28.1 Å². The summed E-state index contributed by atoms with van der Waals surface area (Å²) >= 11 is 0. The van der Waals surface area contributed by atoms with Gasteiger partial charge >= 0.3 is 12.6 Å². The van der Waals surface area contributed by atoms with Gasteiger partial charge in [0, 0.05) is 19.5 Å². The van der Waals surface area contributed by atoms with E-state index in [1.54, 1.807) is 12.1 Å². The molecule has 0 saturated carbocycles. The van der Waals surface area contributed by atoms with Crippen LogP contribution >= 0.6 is 0 Å². The van der Waals surface area contributed by atoms with Crippen molar-refractivity contribution in [1.29, 1.82) is 0 Å². The number of carbonyl (C=O) groups is 1. The number of halogens is 2. The van der Waals surface area contributed by atoms with Gasteiger partial charge in [-0.25, -0.2) is 27.5 Å². The Bertz CT molecular complexity index is 1520. The van der Waals surface area contributed by atoms with Crippen molar-refractivity contribution in [3.8, 4) is 17.3 Å². The summed E-state index contributed by atoms with van der Waals surface area (Å²) in [4.78, 5) is 22.9. The van der Waals surface area contributed by atoms with E-state index in [9.17, 15) is 27.1 Å². The molecule has 2 aromatic heterocycles. The number of nitrogens with one attached hydrogen (secondary N) is 1. The number of nitrogens with zero attached hydrogens (tertiary/aromatic N) is 3. The highest BCUT2D eigenvalue weighted by Gasteiger charge is 2.28. The maximum Gasteiger partial charge on any atom is 0.387 e. The Hall–Kier alpha value is -3.64. The molecule has 9 nitrogen and oxygen atoms in total. The molecule has 0 spiro atoms. The van der Waals surface area contributed by atoms with Crippen LogP contribution in [0.4, 0.5) is 8.78 Å². The minimum atomic E-state index is -4.14. The molecule has 0 fully saturated rings. The highest BCUT2D eigenvalue weighted by Crippen LogP contribution is 2.36. The van der Waals surface area contributed by atoms with Crippen LogP contribution < -0.4 is 4.74 Å². The average molecular weight is 476 g/mol. The van der Waals surface area contributed by atoms with Gasteiger partial charge in [-0.2, -0.15) is 8.78 Å². The van der Waals surface area contributed by atoms with E-state index in [1.807, 2.05) is 13.0 Å². The Balaban J connectivity index is 2.00. The molecule has 2 aromatic carbocycles. The molecule has 0 amide bonds. The number of imidazole rings is 1. The number of ether oxygens (including phenoxy) is 1. The molecule has 2 heterocycles. The number of fused-ring (bicyclic) bond motifs is 2. The zero-order chi connectivity index (χ0) is 24.1. The molecule has 0 aliphatic carbocycles. The first-order chi connectivity index (χ1) is 15.5. The smallest absolute Gasteiger partial charge is 0.387 e. The van der Waals surface area contributed by atoms with Gasteiger partial charge in [-0.1, -0.05) is 11.6 Å². The van der Waals surface area contributed by atoms with E-state index in [1.165, 1.54) is 26.2 Å². The number of carboxylic acid groups (broad SMARTS) is 1. The number of aromatic amines is 1. The van der Waals surface area contributed by atoms with Crippen molar-refractivity contribution in [1.82, 2.24) is 19.3 Å². The van der Waals surface area contributed by atoms with Gasteiger partial charge in [-0.3, -0.25) is 0 Å². The number of alkyl halides is 2. The summed E-state index contributed by atoms with van der Waals surface area (Å²) in [7, 11) is -1.64. The van der Waals surface area contributed by atoms with Crippen LogP contribution in [-0.4, -0.2) is 59.5 Å². The van der Waals surface area contributed by atoms with Crippen molar-refractivity contribution in [2.75, 3.05) is 14.1 Å². The molecule has 0 bridgehead atoms. The first kappa shape index (κ1) is 22.6. The lowest BCUT2D eigenvalue weighted by atomic mass is 10.1. The molecule has 12 heteroatoms. The second kappa shape index (κ2) is 8.05. The molecule has 4 rings (SSSR count). The van der Waals surface area contributed by atoms with E-state index in [2.05, 4.69) is 19.7 Å². The van der Waals surface area contributed by atoms with E-state index >= 15 is 0 Å². The maximum absolute atomic E-state index is 13.2. The fraction of sp³-hybridized carbons (Fsp3) is 0.190. The monoisotopic (exact) mass is 476 g/mol. The third kappa shape index (κ3) is 3.98. The number of rotatable bonds is 6. The van der Waals surface area contributed by atoms with Crippen molar-refractivity contribution < 1.29 is 31.8 Å². The second-order valence-corrected chi connectivity index (χ2v) is 9.55. The summed E-state index contributed by atoms with van der Waals surface area (Å²) in [6.07, 6.45) is 0. The molecule has 0 saturated heterocycles. The molecule has 0 aliphatic rings. The molecule has 0 radical (unpaired) electrons. The van der Waals surface area contributed by atoms with Crippen molar-refractivity contribution in [3.05, 3.63) is 47.5 Å². The lowest BCUT2D eigenvalue weighted by Gasteiger charge is -2.15. The predicted molar refractivity (Wildman–Crippen MR) is 116 cm³/mol. The number of pyridine rings is 1. The number of benzene rings is 2. The number of aromatic carboxylic acids is 1. The Morgan fingerprint density at radius 2 is 1.88 bits per heavy atom. The topological polar surface area (TPSA) is 125 Å². The third-order valence-electron chi connectivity index (χ3n) is 4.96. The Morgan fingerprint density at radius 3 is 2.52 bits per heavy atom. The van der Waals surface area contributed by atoms with Crippen molar-refractivity contribution in [2.24, 2.45) is 0 Å². The molecule has 0 atom stereocenters. The number of hydrogen-bond donors (Lipinski definition) is 2. The fourth-order valence-electron chi connectivity index (χ4n) is 3.39. The van der Waals surface area contributed by atoms with Crippen LogP contribution in [0.1, 0.15) is 15.9 Å². The summed E-state index contributed by atoms with van der Waals surface area (Å²) in [5.74, 6) is -1.95. The van der Waals surface area contributed by atoms with Gasteiger partial charge in [0.05, 0.1) is 16.6 Å². The number of aryl methyl sites for hydroxylation is 1. The van der Waals surface area contributed by atoms with Crippen LogP contribution in [0.2, 0.25) is 0 Å². The molecule has 172 valence electrons. The molecule has 33 heavy (non-hydrogen) atoms. The van der Waals surface area contributed by atoms with Crippen LogP contribution in [-0.2, 0) is 10.0 Å². The summed E-state index contributed by atoms with van der Waals surface area (Å²) in [6.45, 7) is -1.46. The number of carboxylic acids is 1. The highest BCUT2D eigenvalue weighted by molar-refractivity contribution is 7.89. The zero-order valence-corrected chi connectivity index (χ0v) is 18.4.